The van der Waals surface area contributed by atoms with Crippen molar-refractivity contribution in [2.45, 2.75) is 203 Å². The van der Waals surface area contributed by atoms with Crippen molar-refractivity contribution in [3.63, 3.8) is 0 Å². The fraction of sp³-hybridized carbons (Fsp3) is 0.433. The van der Waals surface area contributed by atoms with E-state index in [1.807, 2.05) is 275 Å². The molecule has 67 heavy (non-hydrogen) atoms. The van der Waals surface area contributed by atoms with Gasteiger partial charge in [-0.2, -0.15) is 0 Å². The third kappa shape index (κ3) is 88.5. The van der Waals surface area contributed by atoms with Crippen LogP contribution in [0.4, 0.5) is 0 Å². The maximum atomic E-state index is 2.12. The van der Waals surface area contributed by atoms with E-state index in [-0.39, 0.29) is 37.1 Å². The molecule has 7 rings (SSSR count). The summed E-state index contributed by atoms with van der Waals surface area (Å²) in [6.07, 6.45) is 0. The number of hydrogen-bond acceptors (Lipinski definition) is 0. The van der Waals surface area contributed by atoms with Gasteiger partial charge in [0.2, 0.25) is 0 Å². The highest BCUT2D eigenvalue weighted by molar-refractivity contribution is 5.82. The number of hydrogen-bond donors (Lipinski definition) is 0. The predicted molar refractivity (Wildman–Crippen MR) is 337 cm³/mol. The average molecular weight is 932 g/mol. The molecular weight excluding hydrogens is 805 g/mol. The van der Waals surface area contributed by atoms with Crippen molar-refractivity contribution in [2.24, 2.45) is 0 Å². The first-order valence-electron chi connectivity index (χ1n) is 24.8. The van der Waals surface area contributed by atoms with Crippen LogP contribution in [-0.4, -0.2) is 0 Å². The highest BCUT2D eigenvalue weighted by atomic mass is 13.9. The first-order chi connectivity index (χ1) is 30.9. The van der Waals surface area contributed by atoms with Gasteiger partial charge in [0.1, 0.15) is 0 Å². The topological polar surface area (TPSA) is 0 Å². The molecule has 0 amide bonds. The van der Waals surface area contributed by atoms with Gasteiger partial charge in [0.25, 0.3) is 0 Å². The highest BCUT2D eigenvalue weighted by Crippen LogP contribution is 2.12. The summed E-state index contributed by atoms with van der Waals surface area (Å²) in [6.45, 7) is 48.0. The van der Waals surface area contributed by atoms with Crippen LogP contribution in [0.25, 0.3) is 21.5 Å². The van der Waals surface area contributed by atoms with Crippen LogP contribution in [0.1, 0.15) is 203 Å². The zero-order valence-corrected chi connectivity index (χ0v) is 45.6. The van der Waals surface area contributed by atoms with Crippen molar-refractivity contribution in [1.82, 2.24) is 0 Å². The second-order valence-corrected chi connectivity index (χ2v) is 8.16. The van der Waals surface area contributed by atoms with E-state index in [2.05, 4.69) is 97.1 Å². The van der Waals surface area contributed by atoms with Gasteiger partial charge in [-0.05, 0) is 21.5 Å². The molecule has 0 saturated carbocycles. The summed E-state index contributed by atoms with van der Waals surface area (Å²) in [6, 6.07) is 69.4. The van der Waals surface area contributed by atoms with Crippen LogP contribution >= 0.6 is 0 Å². The predicted octanol–water partition coefficient (Wildman–Crippen LogP) is 26.2. The number of benzene rings is 7. The zero-order valence-electron chi connectivity index (χ0n) is 45.6. The molecule has 0 radical (unpaired) electrons. The summed E-state index contributed by atoms with van der Waals surface area (Å²) < 4.78 is 0. The van der Waals surface area contributed by atoms with E-state index < -0.39 is 0 Å². The molecule has 7 aromatic rings. The minimum atomic E-state index is 0. The Bertz CT molecular complexity index is 1130. The minimum absolute atomic E-state index is 0. The summed E-state index contributed by atoms with van der Waals surface area (Å²) in [4.78, 5) is 0. The Morgan fingerprint density at radius 3 is 0.239 bits per heavy atom. The first kappa shape index (κ1) is 104. The molecule has 0 aromatic heterocycles. The molecule has 0 fully saturated rings. The molecule has 394 valence electrons. The van der Waals surface area contributed by atoms with Crippen LogP contribution in [0.2, 0.25) is 0 Å². The van der Waals surface area contributed by atoms with E-state index in [0.717, 1.165) is 0 Å². The Morgan fingerprint density at radius 2 is 0.179 bits per heavy atom. The van der Waals surface area contributed by atoms with Crippen molar-refractivity contribution in [3.05, 3.63) is 206 Å². The minimum Gasteiger partial charge on any atom is -0.0776 e. The molecule has 0 N–H and O–H groups in total. The lowest BCUT2D eigenvalue weighted by molar-refractivity contribution is 1.50. The van der Waals surface area contributed by atoms with Crippen LogP contribution in [0.5, 0.6) is 0 Å². The van der Waals surface area contributed by atoms with Crippen LogP contribution in [0, 0.1) is 0 Å². The van der Waals surface area contributed by atoms with E-state index in [4.69, 9.17) is 0 Å². The molecule has 0 aliphatic rings. The molecule has 0 nitrogen and oxygen atoms in total. The van der Waals surface area contributed by atoms with Crippen LogP contribution in [-0.2, 0) is 0 Å². The first-order valence-corrected chi connectivity index (χ1v) is 24.8. The summed E-state index contributed by atoms with van der Waals surface area (Å²) in [5, 5.41) is 5.24. The molecule has 0 atom stereocenters. The smallest absolute Gasteiger partial charge is 0.0184 e. The van der Waals surface area contributed by atoms with E-state index in [9.17, 15) is 0 Å². The second-order valence-electron chi connectivity index (χ2n) is 8.16. The Labute approximate surface area is 429 Å². The summed E-state index contributed by atoms with van der Waals surface area (Å²) in [7, 11) is 0. The summed E-state index contributed by atoms with van der Waals surface area (Å²) in [5.41, 5.74) is 0. The van der Waals surface area contributed by atoms with Gasteiger partial charge < -0.3 is 0 Å². The molecule has 0 heterocycles. The van der Waals surface area contributed by atoms with Gasteiger partial charge in [-0.3, -0.25) is 0 Å². The third-order valence-electron chi connectivity index (χ3n) is 5.32. The lowest BCUT2D eigenvalue weighted by atomic mass is 10.1. The number of rotatable bonds is 0. The molecular formula is C67H126. The Balaban J connectivity index is -0.0000000346. The van der Waals surface area contributed by atoms with Crippen LogP contribution in [0.3, 0.4) is 0 Å². The quantitative estimate of drug-likeness (QED) is 0.142. The second kappa shape index (κ2) is 131. The lowest BCUT2D eigenvalue weighted by Gasteiger charge is -1.92. The Kier molecular flexibility index (Phi) is 204. The fourth-order valence-electron chi connectivity index (χ4n) is 3.42. The van der Waals surface area contributed by atoms with Crippen LogP contribution in [0.15, 0.2) is 206 Å². The van der Waals surface area contributed by atoms with Gasteiger partial charge in [-0.1, -0.05) is 410 Å². The molecule has 0 aliphatic carbocycles. The van der Waals surface area contributed by atoms with Crippen LogP contribution < -0.4 is 0 Å². The SMILES string of the molecule is C.C.C.C.C.CC.CC.CC.CC.CC.CC.CC.CC.CC.CC.CC.CC.c1ccc2ccccc2c1.c1ccc2ccccc2c1.c1ccccc1.c1ccccc1.c1ccccc1. The molecule has 0 bridgehead atoms. The normalized spacial score (nSPS) is 6.21. The van der Waals surface area contributed by atoms with E-state index >= 15 is 0 Å². The molecule has 0 heteroatoms. The molecule has 0 spiro atoms. The van der Waals surface area contributed by atoms with Crippen molar-refractivity contribution < 1.29 is 0 Å². The van der Waals surface area contributed by atoms with Gasteiger partial charge in [0, 0.05) is 0 Å². The maximum Gasteiger partial charge on any atom is -0.0184 e. The fourth-order valence-corrected chi connectivity index (χ4v) is 3.42. The third-order valence-corrected chi connectivity index (χ3v) is 5.32. The van der Waals surface area contributed by atoms with E-state index in [1.54, 1.807) is 0 Å². The Hall–Kier alpha value is -4.94. The van der Waals surface area contributed by atoms with Gasteiger partial charge >= 0.3 is 0 Å². The monoisotopic (exact) mass is 931 g/mol. The lowest BCUT2D eigenvalue weighted by Crippen LogP contribution is -1.67. The van der Waals surface area contributed by atoms with Gasteiger partial charge in [-0.15, -0.1) is 0 Å². The van der Waals surface area contributed by atoms with Gasteiger partial charge in [0.15, 0.2) is 0 Å². The van der Waals surface area contributed by atoms with Gasteiger partial charge in [-0.25, -0.2) is 0 Å². The molecule has 0 aliphatic heterocycles. The van der Waals surface area contributed by atoms with Crippen molar-refractivity contribution >= 4 is 21.5 Å². The molecule has 0 saturated heterocycles. The van der Waals surface area contributed by atoms with E-state index in [1.165, 1.54) is 21.5 Å². The van der Waals surface area contributed by atoms with Crippen molar-refractivity contribution in [2.75, 3.05) is 0 Å². The average Bonchev–Trinajstić information content (AvgIpc) is 3.45. The molecule has 7 aromatic carbocycles. The van der Waals surface area contributed by atoms with Crippen molar-refractivity contribution in [1.29, 1.82) is 0 Å². The van der Waals surface area contributed by atoms with E-state index in [0.29, 0.717) is 0 Å². The standard InChI is InChI=1S/2C10H8.3C6H6.12C2H6.5CH4/c2*1-2-6-10-8-4-3-7-9(10)5-1;3*1-2-4-6-5-3-1;12*1-2;;;;;/h2*1-8H;3*1-6H;12*1-2H3;5*1H4. The highest BCUT2D eigenvalue weighted by Gasteiger charge is 1.86. The largest absolute Gasteiger partial charge is 0.0776 e. The Morgan fingerprint density at radius 1 is 0.119 bits per heavy atom. The van der Waals surface area contributed by atoms with Crippen molar-refractivity contribution in [3.8, 4) is 0 Å². The summed E-state index contributed by atoms with van der Waals surface area (Å²) in [5.74, 6) is 0. The zero-order chi connectivity index (χ0) is 50.4. The van der Waals surface area contributed by atoms with Gasteiger partial charge in [0.05, 0.1) is 0 Å². The number of fused-ring (bicyclic) bond motifs is 2. The summed E-state index contributed by atoms with van der Waals surface area (Å²) >= 11 is 0. The molecule has 0 unspecified atom stereocenters. The maximum absolute atomic E-state index is 2.12.